The summed E-state index contributed by atoms with van der Waals surface area (Å²) in [7, 11) is 0. The number of hydrogen-bond acceptors (Lipinski definition) is 1. The first kappa shape index (κ1) is 10.2. The second-order valence-electron chi connectivity index (χ2n) is 6.03. The molecule has 0 fully saturated rings. The fourth-order valence-corrected chi connectivity index (χ4v) is 3.65. The molecule has 86 valence electrons. The molecule has 0 N–H and O–H groups in total. The minimum absolute atomic E-state index is 0.336. The monoisotopic (exact) mass is 215 g/mol. The van der Waals surface area contributed by atoms with Crippen molar-refractivity contribution in [3.8, 4) is 0 Å². The summed E-state index contributed by atoms with van der Waals surface area (Å²) in [6.45, 7) is 8.41. The number of hydrogen-bond donors (Lipinski definition) is 0. The van der Waals surface area contributed by atoms with Crippen LogP contribution in [0, 0.1) is 0 Å². The van der Waals surface area contributed by atoms with E-state index in [-0.39, 0.29) is 0 Å². The number of nitrogens with zero attached hydrogens (tertiary/aromatic N) is 1. The lowest BCUT2D eigenvalue weighted by Crippen LogP contribution is -2.50. The van der Waals surface area contributed by atoms with Crippen LogP contribution in [0.4, 0.5) is 5.69 Å². The first-order chi connectivity index (χ1) is 7.59. The molecule has 0 radical (unpaired) electrons. The molecule has 2 aliphatic rings. The van der Waals surface area contributed by atoms with Crippen LogP contribution in [0.1, 0.15) is 50.7 Å². The topological polar surface area (TPSA) is 3.24 Å². The Kier molecular flexibility index (Phi) is 2.07. The van der Waals surface area contributed by atoms with E-state index in [9.17, 15) is 0 Å². The predicted molar refractivity (Wildman–Crippen MR) is 69.2 cm³/mol. The van der Waals surface area contributed by atoms with Crippen molar-refractivity contribution in [2.75, 3.05) is 11.4 Å². The van der Waals surface area contributed by atoms with Gasteiger partial charge in [-0.3, -0.25) is 0 Å². The third kappa shape index (κ3) is 1.30. The van der Waals surface area contributed by atoms with E-state index in [1.165, 1.54) is 25.8 Å². The smallest absolute Gasteiger partial charge is 0.0438 e. The van der Waals surface area contributed by atoms with Gasteiger partial charge >= 0.3 is 0 Å². The average molecular weight is 215 g/mol. The van der Waals surface area contributed by atoms with Gasteiger partial charge in [0.1, 0.15) is 0 Å². The summed E-state index contributed by atoms with van der Waals surface area (Å²) in [5.74, 6) is 0.708. The summed E-state index contributed by atoms with van der Waals surface area (Å²) in [5.41, 5.74) is 5.06. The van der Waals surface area contributed by atoms with E-state index in [2.05, 4.69) is 43.9 Å². The maximum Gasteiger partial charge on any atom is 0.0438 e. The van der Waals surface area contributed by atoms with E-state index in [4.69, 9.17) is 0 Å². The van der Waals surface area contributed by atoms with Gasteiger partial charge in [-0.25, -0.2) is 0 Å². The quantitative estimate of drug-likeness (QED) is 0.637. The summed E-state index contributed by atoms with van der Waals surface area (Å²) in [5, 5.41) is 0. The van der Waals surface area contributed by atoms with Crippen molar-refractivity contribution in [2.45, 2.75) is 51.5 Å². The zero-order valence-corrected chi connectivity index (χ0v) is 10.6. The molecule has 0 aliphatic carbocycles. The van der Waals surface area contributed by atoms with E-state index in [1.807, 2.05) is 0 Å². The van der Waals surface area contributed by atoms with Crippen molar-refractivity contribution in [2.24, 2.45) is 0 Å². The van der Waals surface area contributed by atoms with Gasteiger partial charge in [-0.2, -0.15) is 0 Å². The SMILES string of the molecule is CC1CC(C)(C)N2CCCc3cccc1c32. The molecule has 0 saturated heterocycles. The summed E-state index contributed by atoms with van der Waals surface area (Å²) < 4.78 is 0. The van der Waals surface area contributed by atoms with E-state index in [1.54, 1.807) is 16.8 Å². The lowest BCUT2D eigenvalue weighted by atomic mass is 9.77. The third-order valence-electron chi connectivity index (χ3n) is 4.32. The van der Waals surface area contributed by atoms with Gasteiger partial charge in [0.25, 0.3) is 0 Å². The summed E-state index contributed by atoms with van der Waals surface area (Å²) in [4.78, 5) is 2.65. The molecular formula is C15H21N. The molecule has 16 heavy (non-hydrogen) atoms. The molecule has 1 atom stereocenters. The fourth-order valence-electron chi connectivity index (χ4n) is 3.65. The second kappa shape index (κ2) is 3.26. The molecule has 0 spiro atoms. The maximum atomic E-state index is 2.65. The number of anilines is 1. The van der Waals surface area contributed by atoms with Crippen LogP contribution >= 0.6 is 0 Å². The van der Waals surface area contributed by atoms with Crippen molar-refractivity contribution in [1.29, 1.82) is 0 Å². The van der Waals surface area contributed by atoms with Crippen LogP contribution in [-0.2, 0) is 6.42 Å². The molecule has 0 saturated carbocycles. The second-order valence-corrected chi connectivity index (χ2v) is 6.03. The average Bonchev–Trinajstić information content (AvgIpc) is 2.25. The van der Waals surface area contributed by atoms with Gasteiger partial charge in [-0.05, 0) is 50.2 Å². The van der Waals surface area contributed by atoms with Crippen LogP contribution in [0.15, 0.2) is 18.2 Å². The zero-order chi connectivity index (χ0) is 11.3. The van der Waals surface area contributed by atoms with Gasteiger partial charge in [0.2, 0.25) is 0 Å². The number of aryl methyl sites for hydroxylation is 1. The summed E-state index contributed by atoms with van der Waals surface area (Å²) in [6, 6.07) is 6.89. The van der Waals surface area contributed by atoms with Gasteiger partial charge < -0.3 is 4.90 Å². The van der Waals surface area contributed by atoms with Crippen LogP contribution in [0.2, 0.25) is 0 Å². The Balaban J connectivity index is 2.22. The molecule has 1 heteroatoms. The first-order valence-corrected chi connectivity index (χ1v) is 6.49. The van der Waals surface area contributed by atoms with Crippen LogP contribution in [0.5, 0.6) is 0 Å². The fraction of sp³-hybridized carbons (Fsp3) is 0.600. The van der Waals surface area contributed by atoms with E-state index in [0.717, 1.165) is 0 Å². The van der Waals surface area contributed by atoms with Crippen LogP contribution < -0.4 is 4.90 Å². The highest BCUT2D eigenvalue weighted by Crippen LogP contribution is 2.46. The molecule has 0 amide bonds. The minimum Gasteiger partial charge on any atom is -0.366 e. The Hall–Kier alpha value is -0.980. The van der Waals surface area contributed by atoms with Gasteiger partial charge in [0.15, 0.2) is 0 Å². The molecule has 3 rings (SSSR count). The zero-order valence-electron chi connectivity index (χ0n) is 10.6. The largest absolute Gasteiger partial charge is 0.366 e. The summed E-state index contributed by atoms with van der Waals surface area (Å²) in [6.07, 6.45) is 3.86. The number of rotatable bonds is 0. The normalized spacial score (nSPS) is 26.4. The molecule has 1 aromatic rings. The Morgan fingerprint density at radius 2 is 2.12 bits per heavy atom. The predicted octanol–water partition coefficient (Wildman–Crippen LogP) is 3.73. The molecule has 2 aliphatic heterocycles. The molecule has 1 unspecified atom stereocenters. The lowest BCUT2D eigenvalue weighted by molar-refractivity contribution is 0.366. The summed E-state index contributed by atoms with van der Waals surface area (Å²) >= 11 is 0. The Morgan fingerprint density at radius 3 is 2.94 bits per heavy atom. The highest BCUT2D eigenvalue weighted by molar-refractivity contribution is 5.65. The van der Waals surface area contributed by atoms with Gasteiger partial charge in [0, 0.05) is 17.8 Å². The van der Waals surface area contributed by atoms with Crippen molar-refractivity contribution >= 4 is 5.69 Å². The molecule has 1 nitrogen and oxygen atoms in total. The van der Waals surface area contributed by atoms with Crippen molar-refractivity contribution in [3.63, 3.8) is 0 Å². The van der Waals surface area contributed by atoms with Crippen molar-refractivity contribution in [1.82, 2.24) is 0 Å². The van der Waals surface area contributed by atoms with Crippen molar-refractivity contribution in [3.05, 3.63) is 29.3 Å². The van der Waals surface area contributed by atoms with Crippen LogP contribution in [0.3, 0.4) is 0 Å². The standard InChI is InChI=1S/C15H21N/c1-11-10-15(2,3)16-9-5-7-12-6-4-8-13(11)14(12)16/h4,6,8,11H,5,7,9-10H2,1-3H3. The third-order valence-corrected chi connectivity index (χ3v) is 4.32. The Bertz CT molecular complexity index is 419. The van der Waals surface area contributed by atoms with E-state index in [0.29, 0.717) is 11.5 Å². The molecule has 0 bridgehead atoms. The van der Waals surface area contributed by atoms with Crippen LogP contribution in [0.25, 0.3) is 0 Å². The molecule has 1 aromatic carbocycles. The maximum absolute atomic E-state index is 2.65. The van der Waals surface area contributed by atoms with Gasteiger partial charge in [-0.1, -0.05) is 25.1 Å². The van der Waals surface area contributed by atoms with Gasteiger partial charge in [-0.15, -0.1) is 0 Å². The van der Waals surface area contributed by atoms with Crippen LogP contribution in [-0.4, -0.2) is 12.1 Å². The van der Waals surface area contributed by atoms with Crippen molar-refractivity contribution < 1.29 is 0 Å². The molecule has 0 aromatic heterocycles. The van der Waals surface area contributed by atoms with E-state index >= 15 is 0 Å². The highest BCUT2D eigenvalue weighted by Gasteiger charge is 2.38. The highest BCUT2D eigenvalue weighted by atomic mass is 15.2. The molecule has 2 heterocycles. The van der Waals surface area contributed by atoms with Gasteiger partial charge in [0.05, 0.1) is 0 Å². The Labute approximate surface area is 98.5 Å². The lowest BCUT2D eigenvalue weighted by Gasteiger charge is -2.50. The van der Waals surface area contributed by atoms with E-state index < -0.39 is 0 Å². The Morgan fingerprint density at radius 1 is 1.31 bits per heavy atom. The number of benzene rings is 1. The number of para-hydroxylation sites is 1. The minimum atomic E-state index is 0.336. The molecular weight excluding hydrogens is 194 g/mol. The first-order valence-electron chi connectivity index (χ1n) is 6.49.